The molecule has 17 heavy (non-hydrogen) atoms. The molecule has 0 heterocycles. The van der Waals surface area contributed by atoms with E-state index in [4.69, 9.17) is 16.3 Å². The van der Waals surface area contributed by atoms with Crippen molar-refractivity contribution in [2.24, 2.45) is 0 Å². The van der Waals surface area contributed by atoms with Gasteiger partial charge in [0, 0.05) is 31.6 Å². The highest BCUT2D eigenvalue weighted by Crippen LogP contribution is 2.38. The molecule has 0 amide bonds. The third-order valence-electron chi connectivity index (χ3n) is 2.31. The number of rotatable bonds is 3. The maximum atomic E-state index is 13.8. The monoisotopic (exact) mass is 382 g/mol. The van der Waals surface area contributed by atoms with E-state index in [1.54, 1.807) is 21.1 Å². The van der Waals surface area contributed by atoms with Crippen LogP contribution in [0, 0.1) is 5.82 Å². The zero-order valence-corrected chi connectivity index (χ0v) is 12.7. The Morgan fingerprint density at radius 3 is 2.76 bits per heavy atom. The molecule has 0 radical (unpaired) electrons. The van der Waals surface area contributed by atoms with Crippen LogP contribution in [0.2, 0.25) is 5.02 Å². The molecule has 0 saturated carbocycles. The van der Waals surface area contributed by atoms with Gasteiger partial charge in [-0.3, -0.25) is 0 Å². The molecule has 0 fully saturated rings. The standard InChI is InChI=1S/C12H9ClFIOS/c1-2-16-11-6-9-7(4-12(11)17-15)3-8(13)5-10(9)14/h3-6H,2H2,1H3. The molecule has 0 unspecified atom stereocenters. The molecule has 0 atom stereocenters. The average molecular weight is 383 g/mol. The second-order valence-electron chi connectivity index (χ2n) is 3.42. The topological polar surface area (TPSA) is 9.23 Å². The van der Waals surface area contributed by atoms with Crippen molar-refractivity contribution in [3.8, 4) is 5.75 Å². The quantitative estimate of drug-likeness (QED) is 0.651. The van der Waals surface area contributed by atoms with Crippen molar-refractivity contribution in [2.75, 3.05) is 6.61 Å². The van der Waals surface area contributed by atoms with Crippen LogP contribution in [0.15, 0.2) is 29.2 Å². The Morgan fingerprint density at radius 2 is 2.12 bits per heavy atom. The highest BCUT2D eigenvalue weighted by Gasteiger charge is 2.10. The van der Waals surface area contributed by atoms with Gasteiger partial charge in [0.25, 0.3) is 0 Å². The molecule has 0 aliphatic heterocycles. The third kappa shape index (κ3) is 2.80. The van der Waals surface area contributed by atoms with Crippen molar-refractivity contribution in [3.05, 3.63) is 35.1 Å². The maximum absolute atomic E-state index is 13.8. The Morgan fingerprint density at radius 1 is 1.35 bits per heavy atom. The first kappa shape index (κ1) is 13.2. The Balaban J connectivity index is 2.69. The molecule has 0 aliphatic carbocycles. The van der Waals surface area contributed by atoms with E-state index in [2.05, 4.69) is 21.2 Å². The fourth-order valence-electron chi connectivity index (χ4n) is 1.62. The van der Waals surface area contributed by atoms with Gasteiger partial charge in [0.1, 0.15) is 11.6 Å². The number of benzene rings is 2. The van der Waals surface area contributed by atoms with Crippen LogP contribution >= 0.6 is 41.7 Å². The molecule has 2 aromatic rings. The van der Waals surface area contributed by atoms with Gasteiger partial charge in [-0.15, -0.1) is 0 Å². The van der Waals surface area contributed by atoms with Crippen LogP contribution in [0.25, 0.3) is 10.8 Å². The number of hydrogen-bond acceptors (Lipinski definition) is 2. The minimum atomic E-state index is -0.321. The minimum absolute atomic E-state index is 0.321. The van der Waals surface area contributed by atoms with Crippen molar-refractivity contribution in [1.29, 1.82) is 0 Å². The van der Waals surface area contributed by atoms with E-state index in [1.807, 2.05) is 13.0 Å². The number of halogens is 3. The molecule has 5 heteroatoms. The van der Waals surface area contributed by atoms with E-state index in [1.165, 1.54) is 6.07 Å². The first-order valence-corrected chi connectivity index (χ1v) is 8.73. The van der Waals surface area contributed by atoms with E-state index < -0.39 is 0 Å². The molecule has 0 bridgehead atoms. The lowest BCUT2D eigenvalue weighted by molar-refractivity contribution is 0.333. The normalized spacial score (nSPS) is 10.8. The molecule has 0 aliphatic rings. The summed E-state index contributed by atoms with van der Waals surface area (Å²) in [5.41, 5.74) is 0. The van der Waals surface area contributed by atoms with E-state index in [9.17, 15) is 4.39 Å². The van der Waals surface area contributed by atoms with Gasteiger partial charge in [0.2, 0.25) is 0 Å². The predicted octanol–water partition coefficient (Wildman–Crippen LogP) is 5.47. The highest BCUT2D eigenvalue weighted by molar-refractivity contribution is 14.2. The zero-order valence-electron chi connectivity index (χ0n) is 8.97. The van der Waals surface area contributed by atoms with Crippen molar-refractivity contribution in [3.63, 3.8) is 0 Å². The van der Waals surface area contributed by atoms with E-state index >= 15 is 0 Å². The smallest absolute Gasteiger partial charge is 0.134 e. The van der Waals surface area contributed by atoms with Gasteiger partial charge in [-0.25, -0.2) is 4.39 Å². The van der Waals surface area contributed by atoms with Crippen LogP contribution in [0.4, 0.5) is 4.39 Å². The van der Waals surface area contributed by atoms with Crippen molar-refractivity contribution >= 4 is 52.5 Å². The van der Waals surface area contributed by atoms with Gasteiger partial charge in [0.05, 0.1) is 11.5 Å². The highest BCUT2D eigenvalue weighted by atomic mass is 127. The van der Waals surface area contributed by atoms with Crippen LogP contribution in [0.1, 0.15) is 6.92 Å². The number of ether oxygens (including phenoxy) is 1. The number of hydrogen-bond donors (Lipinski definition) is 0. The maximum Gasteiger partial charge on any atom is 0.134 e. The molecular weight excluding hydrogens is 374 g/mol. The van der Waals surface area contributed by atoms with Gasteiger partial charge < -0.3 is 4.74 Å². The molecule has 0 spiro atoms. The largest absolute Gasteiger partial charge is 0.493 e. The Kier molecular flexibility index (Phi) is 4.38. The summed E-state index contributed by atoms with van der Waals surface area (Å²) in [7, 11) is 1.54. The summed E-state index contributed by atoms with van der Waals surface area (Å²) in [5.74, 6) is 0.388. The number of fused-ring (bicyclic) bond motifs is 1. The second kappa shape index (κ2) is 5.63. The molecule has 0 N–H and O–H groups in total. The molecule has 1 nitrogen and oxygen atoms in total. The van der Waals surface area contributed by atoms with Crippen LogP contribution in [-0.2, 0) is 0 Å². The lowest BCUT2D eigenvalue weighted by atomic mass is 10.1. The summed E-state index contributed by atoms with van der Waals surface area (Å²) in [6.45, 7) is 2.47. The van der Waals surface area contributed by atoms with E-state index in [-0.39, 0.29) is 5.82 Å². The SMILES string of the molecule is CCOc1cc2c(F)cc(Cl)cc2cc1SI. The van der Waals surface area contributed by atoms with Crippen molar-refractivity contribution in [1.82, 2.24) is 0 Å². The van der Waals surface area contributed by atoms with E-state index in [0.717, 1.165) is 10.3 Å². The van der Waals surface area contributed by atoms with Gasteiger partial charge in [0.15, 0.2) is 0 Å². The van der Waals surface area contributed by atoms with Crippen molar-refractivity contribution < 1.29 is 9.13 Å². The first-order valence-electron chi connectivity index (χ1n) is 5.00. The summed E-state index contributed by atoms with van der Waals surface area (Å²) < 4.78 is 19.3. The Bertz CT molecular complexity index is 562. The Labute approximate surface area is 120 Å². The van der Waals surface area contributed by atoms with Gasteiger partial charge in [-0.1, -0.05) is 11.6 Å². The fourth-order valence-corrected chi connectivity index (χ4v) is 3.23. The second-order valence-corrected chi connectivity index (χ2v) is 5.77. The lowest BCUT2D eigenvalue weighted by Gasteiger charge is -2.10. The molecular formula is C12H9ClFIOS. The summed E-state index contributed by atoms with van der Waals surface area (Å²) >= 11 is 8.02. The van der Waals surface area contributed by atoms with Crippen LogP contribution < -0.4 is 4.74 Å². The molecule has 90 valence electrons. The third-order valence-corrected chi connectivity index (χ3v) is 4.44. The Hall–Kier alpha value is -0.200. The lowest BCUT2D eigenvalue weighted by Crippen LogP contribution is -1.93. The summed E-state index contributed by atoms with van der Waals surface area (Å²) in [5, 5.41) is 1.73. The molecule has 0 aromatic heterocycles. The van der Waals surface area contributed by atoms with Crippen LogP contribution in [-0.4, -0.2) is 6.61 Å². The summed E-state index contributed by atoms with van der Waals surface area (Å²) in [4.78, 5) is 0.974. The van der Waals surface area contributed by atoms with Crippen LogP contribution in [0.3, 0.4) is 0 Å². The van der Waals surface area contributed by atoms with Gasteiger partial charge in [-0.05, 0) is 45.5 Å². The first-order chi connectivity index (χ1) is 8.15. The average Bonchev–Trinajstić information content (AvgIpc) is 2.29. The van der Waals surface area contributed by atoms with Gasteiger partial charge >= 0.3 is 0 Å². The zero-order chi connectivity index (χ0) is 12.4. The van der Waals surface area contributed by atoms with Crippen LogP contribution in [0.5, 0.6) is 5.75 Å². The molecule has 0 saturated heterocycles. The summed E-state index contributed by atoms with van der Waals surface area (Å²) in [6, 6.07) is 6.69. The van der Waals surface area contributed by atoms with Crippen molar-refractivity contribution in [2.45, 2.75) is 11.8 Å². The molecule has 2 aromatic carbocycles. The molecule has 2 rings (SSSR count). The summed E-state index contributed by atoms with van der Waals surface area (Å²) in [6.07, 6.45) is 0. The van der Waals surface area contributed by atoms with E-state index in [0.29, 0.717) is 22.8 Å². The fraction of sp³-hybridized carbons (Fsp3) is 0.167. The van der Waals surface area contributed by atoms with Gasteiger partial charge in [-0.2, -0.15) is 0 Å². The minimum Gasteiger partial charge on any atom is -0.493 e. The predicted molar refractivity (Wildman–Crippen MR) is 80.0 cm³/mol.